The average Bonchev–Trinajstić information content (AvgIpc) is 3.18. The van der Waals surface area contributed by atoms with Gasteiger partial charge >= 0.3 is 0 Å². The summed E-state index contributed by atoms with van der Waals surface area (Å²) in [5, 5.41) is 11.3. The molecule has 1 heterocycles. The quantitative estimate of drug-likeness (QED) is 0.159. The molecule has 0 saturated carbocycles. The molecule has 1 aliphatic rings. The second-order valence-corrected chi connectivity index (χ2v) is 9.14. The highest BCUT2D eigenvalue weighted by atomic mass is 16.5. The fourth-order valence-corrected chi connectivity index (χ4v) is 4.58. The Morgan fingerprint density at radius 2 is 1.63 bits per heavy atom. The van der Waals surface area contributed by atoms with Crippen molar-refractivity contribution in [3.8, 4) is 11.5 Å². The number of Topliss-reactive ketones (excluding diaryl/α,β-unsaturated/α-hetero) is 1. The summed E-state index contributed by atoms with van der Waals surface area (Å²) < 4.78 is 16.6. The van der Waals surface area contributed by atoms with Crippen LogP contribution in [0.1, 0.15) is 41.6 Å². The second-order valence-electron chi connectivity index (χ2n) is 9.14. The minimum absolute atomic E-state index is 0.0602. The number of ketones is 1. The lowest BCUT2D eigenvalue weighted by molar-refractivity contribution is -0.140. The summed E-state index contributed by atoms with van der Waals surface area (Å²) in [6, 6.07) is 21.5. The van der Waals surface area contributed by atoms with Crippen molar-refractivity contribution in [3.05, 3.63) is 101 Å². The zero-order valence-electron chi connectivity index (χ0n) is 22.0. The van der Waals surface area contributed by atoms with Crippen LogP contribution in [-0.2, 0) is 20.9 Å². The number of hydrogen-bond donors (Lipinski definition) is 1. The highest BCUT2D eigenvalue weighted by Crippen LogP contribution is 2.40. The molecule has 198 valence electrons. The van der Waals surface area contributed by atoms with E-state index in [2.05, 4.69) is 6.07 Å². The van der Waals surface area contributed by atoms with Crippen LogP contribution in [0.25, 0.3) is 5.76 Å². The van der Waals surface area contributed by atoms with E-state index in [1.165, 1.54) is 4.90 Å². The fraction of sp³-hybridized carbons (Fsp3) is 0.290. The van der Waals surface area contributed by atoms with E-state index in [0.29, 0.717) is 55.4 Å². The first-order valence-corrected chi connectivity index (χ1v) is 12.7. The van der Waals surface area contributed by atoms with E-state index in [-0.39, 0.29) is 11.3 Å². The maximum absolute atomic E-state index is 13.2. The fourth-order valence-electron chi connectivity index (χ4n) is 4.58. The minimum Gasteiger partial charge on any atom is -0.507 e. The molecule has 3 aromatic rings. The summed E-state index contributed by atoms with van der Waals surface area (Å²) in [6.45, 7) is 5.64. The largest absolute Gasteiger partial charge is 0.507 e. The monoisotopic (exact) mass is 515 g/mol. The number of aliphatic hydroxyl groups excluding tert-OH is 1. The number of ether oxygens (including phenoxy) is 3. The maximum Gasteiger partial charge on any atom is 0.295 e. The van der Waals surface area contributed by atoms with Gasteiger partial charge < -0.3 is 24.2 Å². The van der Waals surface area contributed by atoms with E-state index >= 15 is 0 Å². The van der Waals surface area contributed by atoms with Crippen LogP contribution in [0.2, 0.25) is 0 Å². The Morgan fingerprint density at radius 1 is 0.947 bits per heavy atom. The predicted octanol–water partition coefficient (Wildman–Crippen LogP) is 5.43. The molecule has 0 bridgehead atoms. The first-order chi connectivity index (χ1) is 18.4. The van der Waals surface area contributed by atoms with Gasteiger partial charge in [0.1, 0.15) is 23.9 Å². The topological polar surface area (TPSA) is 85.3 Å². The normalized spacial score (nSPS) is 16.6. The lowest BCUT2D eigenvalue weighted by atomic mass is 9.95. The van der Waals surface area contributed by atoms with Gasteiger partial charge in [0, 0.05) is 25.8 Å². The highest BCUT2D eigenvalue weighted by Gasteiger charge is 2.45. The summed E-state index contributed by atoms with van der Waals surface area (Å²) >= 11 is 0. The van der Waals surface area contributed by atoms with E-state index in [1.807, 2.05) is 44.2 Å². The van der Waals surface area contributed by atoms with Crippen molar-refractivity contribution < 1.29 is 28.9 Å². The molecule has 0 spiro atoms. The maximum atomic E-state index is 13.2. The summed E-state index contributed by atoms with van der Waals surface area (Å²) in [4.78, 5) is 27.7. The summed E-state index contributed by atoms with van der Waals surface area (Å²) in [5.74, 6) is -0.250. The van der Waals surface area contributed by atoms with Crippen molar-refractivity contribution in [2.75, 3.05) is 26.9 Å². The van der Waals surface area contributed by atoms with Gasteiger partial charge in [-0.15, -0.1) is 0 Å². The zero-order chi connectivity index (χ0) is 27.1. The van der Waals surface area contributed by atoms with Crippen LogP contribution in [0.15, 0.2) is 78.4 Å². The molecule has 3 aromatic carbocycles. The van der Waals surface area contributed by atoms with Crippen LogP contribution in [0, 0.1) is 6.92 Å². The Labute approximate surface area is 223 Å². The highest BCUT2D eigenvalue weighted by molar-refractivity contribution is 6.46. The van der Waals surface area contributed by atoms with Crippen molar-refractivity contribution in [1.29, 1.82) is 0 Å². The number of aliphatic hydroxyl groups is 1. The molecule has 7 nitrogen and oxygen atoms in total. The minimum atomic E-state index is -0.722. The van der Waals surface area contributed by atoms with Gasteiger partial charge in [0.05, 0.1) is 18.2 Å². The molecule has 7 heteroatoms. The number of carbonyl (C=O) groups is 2. The number of rotatable bonds is 11. The molecule has 1 atom stereocenters. The molecule has 1 saturated heterocycles. The third-order valence-corrected chi connectivity index (χ3v) is 6.41. The molecule has 4 rings (SSSR count). The number of aryl methyl sites for hydroxylation is 1. The van der Waals surface area contributed by atoms with E-state index in [4.69, 9.17) is 14.2 Å². The van der Waals surface area contributed by atoms with Crippen LogP contribution in [0.4, 0.5) is 0 Å². The molecule has 0 aromatic heterocycles. The van der Waals surface area contributed by atoms with Gasteiger partial charge in [-0.1, -0.05) is 42.0 Å². The molecular formula is C31H33NO6. The van der Waals surface area contributed by atoms with E-state index < -0.39 is 17.7 Å². The van der Waals surface area contributed by atoms with Crippen molar-refractivity contribution in [2.45, 2.75) is 32.9 Å². The Bertz CT molecular complexity index is 1300. The average molecular weight is 516 g/mol. The van der Waals surface area contributed by atoms with Gasteiger partial charge in [-0.2, -0.15) is 0 Å². The molecule has 0 aliphatic carbocycles. The number of amides is 1. The first-order valence-electron chi connectivity index (χ1n) is 12.7. The Kier molecular flexibility index (Phi) is 8.81. The number of methoxy groups -OCH3 is 1. The van der Waals surface area contributed by atoms with Gasteiger partial charge in [-0.25, -0.2) is 0 Å². The van der Waals surface area contributed by atoms with Crippen molar-refractivity contribution in [3.63, 3.8) is 0 Å². The number of hydrogen-bond acceptors (Lipinski definition) is 6. The molecule has 1 unspecified atom stereocenters. The van der Waals surface area contributed by atoms with Gasteiger partial charge in [0.25, 0.3) is 11.7 Å². The summed E-state index contributed by atoms with van der Waals surface area (Å²) in [7, 11) is 1.59. The van der Waals surface area contributed by atoms with Crippen molar-refractivity contribution >= 4 is 17.4 Å². The van der Waals surface area contributed by atoms with Gasteiger partial charge in [-0.3, -0.25) is 9.59 Å². The zero-order valence-corrected chi connectivity index (χ0v) is 22.0. The second kappa shape index (κ2) is 12.4. The summed E-state index contributed by atoms with van der Waals surface area (Å²) in [5.41, 5.74) is 3.42. The Balaban J connectivity index is 1.63. The van der Waals surface area contributed by atoms with E-state index in [0.717, 1.165) is 11.1 Å². The smallest absolute Gasteiger partial charge is 0.295 e. The number of likely N-dealkylation sites (tertiary alicyclic amines) is 1. The molecule has 1 fully saturated rings. The molecule has 0 radical (unpaired) electrons. The van der Waals surface area contributed by atoms with Crippen LogP contribution < -0.4 is 9.47 Å². The molecular weight excluding hydrogens is 482 g/mol. The Morgan fingerprint density at radius 3 is 2.29 bits per heavy atom. The van der Waals surface area contributed by atoms with Gasteiger partial charge in [-0.05, 0) is 67.8 Å². The van der Waals surface area contributed by atoms with Gasteiger partial charge in [0.2, 0.25) is 0 Å². The molecule has 1 N–H and O–H groups in total. The number of nitrogens with zero attached hydrogens (tertiary/aromatic N) is 1. The van der Waals surface area contributed by atoms with E-state index in [9.17, 15) is 14.7 Å². The van der Waals surface area contributed by atoms with E-state index in [1.54, 1.807) is 43.5 Å². The van der Waals surface area contributed by atoms with Gasteiger partial charge in [0.15, 0.2) is 0 Å². The van der Waals surface area contributed by atoms with Crippen molar-refractivity contribution in [2.24, 2.45) is 0 Å². The first kappa shape index (κ1) is 26.9. The van der Waals surface area contributed by atoms with Crippen molar-refractivity contribution in [1.82, 2.24) is 4.90 Å². The van der Waals surface area contributed by atoms with Crippen LogP contribution in [0.3, 0.4) is 0 Å². The number of carbonyl (C=O) groups excluding carboxylic acids is 2. The predicted molar refractivity (Wildman–Crippen MR) is 145 cm³/mol. The SMILES string of the molecule is CCOc1ccc(C2/C(=C(\O)c3ccc(OCc4cccc(C)c4)cc3)C(=O)C(=O)N2CCCOC)cc1. The van der Waals surface area contributed by atoms with Crippen LogP contribution in [-0.4, -0.2) is 48.6 Å². The lowest BCUT2D eigenvalue weighted by Gasteiger charge is -2.25. The standard InChI is InChI=1S/C31H33NO6/c1-4-37-25-13-9-23(10-14-25)28-27(30(34)31(35)32(28)17-6-18-36-3)29(33)24-11-15-26(16-12-24)38-20-22-8-5-7-21(2)19-22/h5,7-16,19,28,33H,4,6,17-18,20H2,1-3H3/b29-27+. The van der Waals surface area contributed by atoms with Crippen LogP contribution in [0.5, 0.6) is 11.5 Å². The Hall–Kier alpha value is -4.10. The summed E-state index contributed by atoms with van der Waals surface area (Å²) in [6.07, 6.45) is 0.560. The molecule has 1 aliphatic heterocycles. The lowest BCUT2D eigenvalue weighted by Crippen LogP contribution is -2.31. The van der Waals surface area contributed by atoms with Crippen LogP contribution >= 0.6 is 0 Å². The molecule has 38 heavy (non-hydrogen) atoms. The number of benzene rings is 3. The molecule has 1 amide bonds. The third-order valence-electron chi connectivity index (χ3n) is 6.41. The third kappa shape index (κ3) is 6.06.